The van der Waals surface area contributed by atoms with Crippen LogP contribution in [0.15, 0.2) is 12.3 Å². The van der Waals surface area contributed by atoms with Crippen LogP contribution in [0.3, 0.4) is 0 Å². The van der Waals surface area contributed by atoms with Gasteiger partial charge >= 0.3 is 0 Å². The number of nitrogens with zero attached hydrogens (tertiary/aromatic N) is 2. The minimum Gasteiger partial charge on any atom is -0.316 e. The van der Waals surface area contributed by atoms with E-state index in [9.17, 15) is 0 Å². The van der Waals surface area contributed by atoms with Crippen LogP contribution in [0, 0.1) is 11.8 Å². The second-order valence-electron chi connectivity index (χ2n) is 5.32. The highest BCUT2D eigenvalue weighted by Crippen LogP contribution is 2.22. The van der Waals surface area contributed by atoms with Gasteiger partial charge in [-0.05, 0) is 57.7 Å². The van der Waals surface area contributed by atoms with Crippen LogP contribution in [0.25, 0.3) is 0 Å². The van der Waals surface area contributed by atoms with E-state index in [0.717, 1.165) is 24.8 Å². The van der Waals surface area contributed by atoms with Gasteiger partial charge in [0.2, 0.25) is 0 Å². The highest BCUT2D eigenvalue weighted by molar-refractivity contribution is 5.02. The standard InChI is InChI=1S/C13H23N3/c1-10(2)16-7-5-13(15-16)8-12-9-14-6-4-11(12)3/h5,7,10-12,14H,4,6,8-9H2,1-3H3. The summed E-state index contributed by atoms with van der Waals surface area (Å²) in [6, 6.07) is 2.64. The van der Waals surface area contributed by atoms with Crippen LogP contribution in [0.5, 0.6) is 0 Å². The Balaban J connectivity index is 1.97. The van der Waals surface area contributed by atoms with E-state index in [0.29, 0.717) is 6.04 Å². The summed E-state index contributed by atoms with van der Waals surface area (Å²) < 4.78 is 2.05. The lowest BCUT2D eigenvalue weighted by Gasteiger charge is -2.28. The summed E-state index contributed by atoms with van der Waals surface area (Å²) >= 11 is 0. The van der Waals surface area contributed by atoms with Crippen LogP contribution in [0.4, 0.5) is 0 Å². The van der Waals surface area contributed by atoms with Crippen molar-refractivity contribution < 1.29 is 0 Å². The molecule has 3 heteroatoms. The third-order valence-corrected chi connectivity index (χ3v) is 3.65. The van der Waals surface area contributed by atoms with Crippen LogP contribution in [0.1, 0.15) is 38.9 Å². The number of piperidine rings is 1. The van der Waals surface area contributed by atoms with Crippen LogP contribution in [-0.2, 0) is 6.42 Å². The lowest BCUT2D eigenvalue weighted by atomic mass is 9.85. The van der Waals surface area contributed by atoms with Crippen LogP contribution >= 0.6 is 0 Å². The summed E-state index contributed by atoms with van der Waals surface area (Å²) in [4.78, 5) is 0. The van der Waals surface area contributed by atoms with E-state index in [1.54, 1.807) is 0 Å². The highest BCUT2D eigenvalue weighted by atomic mass is 15.3. The first-order valence-electron chi connectivity index (χ1n) is 6.41. The van der Waals surface area contributed by atoms with E-state index < -0.39 is 0 Å². The number of rotatable bonds is 3. The van der Waals surface area contributed by atoms with Crippen molar-refractivity contribution >= 4 is 0 Å². The average Bonchev–Trinajstić information content (AvgIpc) is 2.70. The molecule has 2 heterocycles. The summed E-state index contributed by atoms with van der Waals surface area (Å²) in [7, 11) is 0. The van der Waals surface area contributed by atoms with Gasteiger partial charge < -0.3 is 5.32 Å². The zero-order valence-corrected chi connectivity index (χ0v) is 10.6. The Morgan fingerprint density at radius 2 is 2.38 bits per heavy atom. The summed E-state index contributed by atoms with van der Waals surface area (Å²) in [5.41, 5.74) is 1.24. The largest absolute Gasteiger partial charge is 0.316 e. The van der Waals surface area contributed by atoms with Gasteiger partial charge in [-0.25, -0.2) is 0 Å². The molecule has 0 amide bonds. The molecular formula is C13H23N3. The van der Waals surface area contributed by atoms with Gasteiger partial charge in [-0.3, -0.25) is 4.68 Å². The topological polar surface area (TPSA) is 29.9 Å². The molecule has 90 valence electrons. The van der Waals surface area contributed by atoms with E-state index in [1.165, 1.54) is 18.7 Å². The van der Waals surface area contributed by atoms with Crippen LogP contribution < -0.4 is 5.32 Å². The van der Waals surface area contributed by atoms with Gasteiger partial charge in [-0.2, -0.15) is 5.10 Å². The predicted octanol–water partition coefficient (Wildman–Crippen LogP) is 2.25. The molecule has 1 fully saturated rings. The van der Waals surface area contributed by atoms with Crippen molar-refractivity contribution in [3.63, 3.8) is 0 Å². The Morgan fingerprint density at radius 1 is 1.56 bits per heavy atom. The maximum absolute atomic E-state index is 4.63. The third-order valence-electron chi connectivity index (χ3n) is 3.65. The molecule has 1 N–H and O–H groups in total. The quantitative estimate of drug-likeness (QED) is 0.848. The molecule has 0 radical (unpaired) electrons. The van der Waals surface area contributed by atoms with Crippen LogP contribution in [-0.4, -0.2) is 22.9 Å². The van der Waals surface area contributed by atoms with E-state index in [1.807, 2.05) is 0 Å². The fourth-order valence-electron chi connectivity index (χ4n) is 2.37. The summed E-state index contributed by atoms with van der Waals surface area (Å²) in [6.45, 7) is 9.03. The molecule has 0 aromatic carbocycles. The Labute approximate surface area is 98.2 Å². The molecule has 1 aromatic heterocycles. The normalized spacial score (nSPS) is 26.2. The van der Waals surface area contributed by atoms with Crippen molar-refractivity contribution in [2.75, 3.05) is 13.1 Å². The lowest BCUT2D eigenvalue weighted by molar-refractivity contribution is 0.270. The molecule has 0 saturated carbocycles. The van der Waals surface area contributed by atoms with E-state index in [2.05, 4.69) is 48.1 Å². The maximum Gasteiger partial charge on any atom is 0.0628 e. The van der Waals surface area contributed by atoms with Gasteiger partial charge in [-0.15, -0.1) is 0 Å². The number of hydrogen-bond acceptors (Lipinski definition) is 2. The summed E-state index contributed by atoms with van der Waals surface area (Å²) in [5, 5.41) is 8.11. The molecule has 1 aliphatic rings. The van der Waals surface area contributed by atoms with Crippen molar-refractivity contribution in [1.82, 2.24) is 15.1 Å². The van der Waals surface area contributed by atoms with E-state index in [4.69, 9.17) is 0 Å². The molecule has 0 bridgehead atoms. The SMILES string of the molecule is CC1CCNCC1Cc1ccn(C(C)C)n1. The third kappa shape index (κ3) is 2.64. The minimum atomic E-state index is 0.468. The van der Waals surface area contributed by atoms with Crippen molar-refractivity contribution in [2.45, 2.75) is 39.7 Å². The summed E-state index contributed by atoms with van der Waals surface area (Å²) in [6.07, 6.45) is 4.52. The molecule has 16 heavy (non-hydrogen) atoms. The molecular weight excluding hydrogens is 198 g/mol. The summed E-state index contributed by atoms with van der Waals surface area (Å²) in [5.74, 6) is 1.58. The molecule has 2 rings (SSSR count). The Kier molecular flexibility index (Phi) is 3.64. The molecule has 0 spiro atoms. The number of hydrogen-bond donors (Lipinski definition) is 1. The Hall–Kier alpha value is -0.830. The van der Waals surface area contributed by atoms with Gasteiger partial charge in [0.05, 0.1) is 5.69 Å². The Bertz CT molecular complexity index is 330. The molecule has 1 aliphatic heterocycles. The molecule has 2 unspecified atom stereocenters. The van der Waals surface area contributed by atoms with Gasteiger partial charge in [0.15, 0.2) is 0 Å². The Morgan fingerprint density at radius 3 is 3.00 bits per heavy atom. The smallest absolute Gasteiger partial charge is 0.0628 e. The fourth-order valence-corrected chi connectivity index (χ4v) is 2.37. The van der Waals surface area contributed by atoms with Gasteiger partial charge in [-0.1, -0.05) is 6.92 Å². The highest BCUT2D eigenvalue weighted by Gasteiger charge is 2.22. The second kappa shape index (κ2) is 5.00. The van der Waals surface area contributed by atoms with E-state index >= 15 is 0 Å². The second-order valence-corrected chi connectivity index (χ2v) is 5.32. The first-order valence-corrected chi connectivity index (χ1v) is 6.41. The van der Waals surface area contributed by atoms with Crippen molar-refractivity contribution in [3.05, 3.63) is 18.0 Å². The molecule has 1 aromatic rings. The van der Waals surface area contributed by atoms with Crippen molar-refractivity contribution in [1.29, 1.82) is 0 Å². The maximum atomic E-state index is 4.63. The molecule has 1 saturated heterocycles. The molecule has 0 aliphatic carbocycles. The van der Waals surface area contributed by atoms with Gasteiger partial charge in [0, 0.05) is 12.2 Å². The first-order chi connectivity index (χ1) is 7.66. The van der Waals surface area contributed by atoms with E-state index in [-0.39, 0.29) is 0 Å². The lowest BCUT2D eigenvalue weighted by Crippen LogP contribution is -2.36. The number of aromatic nitrogens is 2. The predicted molar refractivity (Wildman–Crippen MR) is 66.5 cm³/mol. The van der Waals surface area contributed by atoms with Crippen molar-refractivity contribution in [3.8, 4) is 0 Å². The zero-order chi connectivity index (χ0) is 11.5. The zero-order valence-electron chi connectivity index (χ0n) is 10.6. The first kappa shape index (κ1) is 11.6. The van der Waals surface area contributed by atoms with Gasteiger partial charge in [0.25, 0.3) is 0 Å². The van der Waals surface area contributed by atoms with Crippen molar-refractivity contribution in [2.24, 2.45) is 11.8 Å². The van der Waals surface area contributed by atoms with Gasteiger partial charge in [0.1, 0.15) is 0 Å². The molecule has 3 nitrogen and oxygen atoms in total. The fraction of sp³-hybridized carbons (Fsp3) is 0.769. The molecule has 2 atom stereocenters. The van der Waals surface area contributed by atoms with Crippen LogP contribution in [0.2, 0.25) is 0 Å². The average molecular weight is 221 g/mol. The number of nitrogens with one attached hydrogen (secondary N) is 1. The monoisotopic (exact) mass is 221 g/mol. The minimum absolute atomic E-state index is 0.468.